The van der Waals surface area contributed by atoms with E-state index in [-0.39, 0.29) is 31.1 Å². The van der Waals surface area contributed by atoms with Gasteiger partial charge in [0, 0.05) is 19.3 Å². The zero-order valence-electron chi connectivity index (χ0n) is 49.9. The van der Waals surface area contributed by atoms with Gasteiger partial charge in [-0.15, -0.1) is 0 Å². The number of allylic oxidation sites excluding steroid dienone is 6. The molecule has 0 heterocycles. The molecular weight excluding hydrogens is 913 g/mol. The molecule has 0 aromatic carbocycles. The van der Waals surface area contributed by atoms with Crippen LogP contribution in [-0.4, -0.2) is 37.2 Å². The maximum Gasteiger partial charge on any atom is 0.306 e. The Hall–Kier alpha value is -2.37. The Bertz CT molecular complexity index is 1240. The Kier molecular flexibility index (Phi) is 61.1. The molecule has 74 heavy (non-hydrogen) atoms. The molecule has 6 heteroatoms. The molecule has 0 aromatic heterocycles. The lowest BCUT2D eigenvalue weighted by atomic mass is 10.0. The predicted molar refractivity (Wildman–Crippen MR) is 321 cm³/mol. The number of rotatable bonds is 61. The van der Waals surface area contributed by atoms with Crippen molar-refractivity contribution in [1.29, 1.82) is 0 Å². The molecule has 0 aliphatic rings. The van der Waals surface area contributed by atoms with Gasteiger partial charge in [-0.25, -0.2) is 0 Å². The molecular formula is C68H126O6. The normalized spacial score (nSPS) is 12.2. The van der Waals surface area contributed by atoms with E-state index in [9.17, 15) is 14.4 Å². The lowest BCUT2D eigenvalue weighted by Gasteiger charge is -2.18. The number of esters is 3. The second-order valence-electron chi connectivity index (χ2n) is 22.4. The van der Waals surface area contributed by atoms with E-state index < -0.39 is 6.10 Å². The summed E-state index contributed by atoms with van der Waals surface area (Å²) in [4.78, 5) is 38.2. The molecule has 0 rings (SSSR count). The first-order chi connectivity index (χ1) is 36.5. The van der Waals surface area contributed by atoms with Crippen molar-refractivity contribution >= 4 is 17.9 Å². The average Bonchev–Trinajstić information content (AvgIpc) is 3.40. The standard InChI is InChI=1S/C68H126O6/c1-4-7-10-13-16-19-21-23-25-27-29-31-33-34-36-37-39-41-43-45-47-49-52-55-58-61-67(70)73-64-65(63-72-66(69)60-57-54-51-18-15-12-9-6-3)74-68(71)62-59-56-53-50-48-46-44-42-40-38-35-32-30-28-26-24-22-20-17-14-11-8-5-2/h21,23,27,29,33-34,65H,4-20,22,24-26,28,30-32,35-64H2,1-3H3/b23-21-,29-27-,34-33-. The Labute approximate surface area is 461 Å². The first-order valence-electron chi connectivity index (χ1n) is 33.0. The van der Waals surface area contributed by atoms with E-state index >= 15 is 0 Å². The molecule has 1 atom stereocenters. The summed E-state index contributed by atoms with van der Waals surface area (Å²) in [6, 6.07) is 0. The molecule has 434 valence electrons. The number of unbranched alkanes of at least 4 members (excludes halogenated alkanes) is 44. The van der Waals surface area contributed by atoms with Gasteiger partial charge >= 0.3 is 17.9 Å². The number of hydrogen-bond donors (Lipinski definition) is 0. The molecule has 0 radical (unpaired) electrons. The third-order valence-corrected chi connectivity index (χ3v) is 14.9. The number of carbonyl (C=O) groups is 3. The minimum Gasteiger partial charge on any atom is -0.462 e. The van der Waals surface area contributed by atoms with E-state index in [1.165, 1.54) is 250 Å². The quantitative estimate of drug-likeness (QED) is 0.0261. The van der Waals surface area contributed by atoms with Crippen molar-refractivity contribution < 1.29 is 28.6 Å². The van der Waals surface area contributed by atoms with Gasteiger partial charge in [-0.2, -0.15) is 0 Å². The van der Waals surface area contributed by atoms with Crippen molar-refractivity contribution in [2.45, 2.75) is 367 Å². The summed E-state index contributed by atoms with van der Waals surface area (Å²) in [6.07, 6.45) is 77.5. The van der Waals surface area contributed by atoms with Gasteiger partial charge in [0.05, 0.1) is 0 Å². The minimum atomic E-state index is -0.769. The molecule has 0 N–H and O–H groups in total. The predicted octanol–water partition coefficient (Wildman–Crippen LogP) is 22.4. The van der Waals surface area contributed by atoms with Crippen molar-refractivity contribution in [1.82, 2.24) is 0 Å². The lowest BCUT2D eigenvalue weighted by molar-refractivity contribution is -0.167. The van der Waals surface area contributed by atoms with E-state index in [0.717, 1.165) is 70.6 Å². The van der Waals surface area contributed by atoms with Crippen LogP contribution in [0, 0.1) is 0 Å². The molecule has 0 saturated carbocycles. The van der Waals surface area contributed by atoms with Crippen LogP contribution in [0.15, 0.2) is 36.5 Å². The van der Waals surface area contributed by atoms with Gasteiger partial charge in [-0.3, -0.25) is 14.4 Å². The molecule has 0 fully saturated rings. The Balaban J connectivity index is 4.13. The highest BCUT2D eigenvalue weighted by atomic mass is 16.6. The van der Waals surface area contributed by atoms with Crippen LogP contribution in [0.2, 0.25) is 0 Å². The highest BCUT2D eigenvalue weighted by Crippen LogP contribution is 2.18. The van der Waals surface area contributed by atoms with E-state index in [4.69, 9.17) is 14.2 Å². The first-order valence-corrected chi connectivity index (χ1v) is 33.0. The van der Waals surface area contributed by atoms with E-state index in [1.54, 1.807) is 0 Å². The summed E-state index contributed by atoms with van der Waals surface area (Å²) >= 11 is 0. The number of hydrogen-bond acceptors (Lipinski definition) is 6. The molecule has 0 aliphatic carbocycles. The Morgan fingerprint density at radius 1 is 0.270 bits per heavy atom. The maximum atomic E-state index is 12.9. The van der Waals surface area contributed by atoms with Gasteiger partial charge < -0.3 is 14.2 Å². The summed E-state index contributed by atoms with van der Waals surface area (Å²) in [5, 5.41) is 0. The Morgan fingerprint density at radius 2 is 0.486 bits per heavy atom. The molecule has 0 spiro atoms. The fourth-order valence-electron chi connectivity index (χ4n) is 9.92. The van der Waals surface area contributed by atoms with E-state index in [1.807, 2.05) is 0 Å². The van der Waals surface area contributed by atoms with Crippen LogP contribution in [0.4, 0.5) is 0 Å². The highest BCUT2D eigenvalue weighted by molar-refractivity contribution is 5.71. The third-order valence-electron chi connectivity index (χ3n) is 14.9. The highest BCUT2D eigenvalue weighted by Gasteiger charge is 2.19. The fraction of sp³-hybridized carbons (Fsp3) is 0.868. The van der Waals surface area contributed by atoms with Gasteiger partial charge in [0.15, 0.2) is 6.10 Å². The van der Waals surface area contributed by atoms with Crippen LogP contribution in [0.25, 0.3) is 0 Å². The summed E-state index contributed by atoms with van der Waals surface area (Å²) in [6.45, 7) is 6.66. The molecule has 6 nitrogen and oxygen atoms in total. The number of carbonyl (C=O) groups excluding carboxylic acids is 3. The van der Waals surface area contributed by atoms with Gasteiger partial charge in [0.25, 0.3) is 0 Å². The fourth-order valence-corrected chi connectivity index (χ4v) is 9.92. The maximum absolute atomic E-state index is 12.9. The van der Waals surface area contributed by atoms with Crippen LogP contribution < -0.4 is 0 Å². The van der Waals surface area contributed by atoms with E-state index in [0.29, 0.717) is 19.3 Å². The van der Waals surface area contributed by atoms with Gasteiger partial charge in [-0.1, -0.05) is 320 Å². The number of ether oxygens (including phenoxy) is 3. The van der Waals surface area contributed by atoms with Crippen molar-refractivity contribution in [2.75, 3.05) is 13.2 Å². The molecule has 0 aliphatic heterocycles. The average molecular weight is 1040 g/mol. The molecule has 0 aromatic rings. The lowest BCUT2D eigenvalue weighted by Crippen LogP contribution is -2.30. The van der Waals surface area contributed by atoms with Crippen LogP contribution in [-0.2, 0) is 28.6 Å². The molecule has 0 bridgehead atoms. The molecule has 0 amide bonds. The second kappa shape index (κ2) is 63.2. The van der Waals surface area contributed by atoms with Crippen LogP contribution >= 0.6 is 0 Å². The van der Waals surface area contributed by atoms with Crippen LogP contribution in [0.5, 0.6) is 0 Å². The SMILES string of the molecule is CCCCCCC/C=C\C/C=C\C/C=C\CCCCCCCCCCCCC(=O)OCC(COC(=O)CCCCCCCCCC)OC(=O)CCCCCCCCCCCCCCCCCCCCCCCCC. The van der Waals surface area contributed by atoms with Crippen LogP contribution in [0.3, 0.4) is 0 Å². The van der Waals surface area contributed by atoms with Crippen molar-refractivity contribution in [3.05, 3.63) is 36.5 Å². The summed E-state index contributed by atoms with van der Waals surface area (Å²) < 4.78 is 16.9. The van der Waals surface area contributed by atoms with Gasteiger partial charge in [-0.05, 0) is 57.8 Å². The summed E-state index contributed by atoms with van der Waals surface area (Å²) in [5.74, 6) is -0.853. The van der Waals surface area contributed by atoms with Gasteiger partial charge in [0.1, 0.15) is 13.2 Å². The van der Waals surface area contributed by atoms with Crippen molar-refractivity contribution in [2.24, 2.45) is 0 Å². The van der Waals surface area contributed by atoms with Crippen molar-refractivity contribution in [3.63, 3.8) is 0 Å². The summed E-state index contributed by atoms with van der Waals surface area (Å²) in [7, 11) is 0. The van der Waals surface area contributed by atoms with Gasteiger partial charge in [0.2, 0.25) is 0 Å². The van der Waals surface area contributed by atoms with Crippen LogP contribution in [0.1, 0.15) is 361 Å². The largest absolute Gasteiger partial charge is 0.462 e. The summed E-state index contributed by atoms with van der Waals surface area (Å²) in [5.41, 5.74) is 0. The van der Waals surface area contributed by atoms with Crippen molar-refractivity contribution in [3.8, 4) is 0 Å². The molecule has 0 saturated heterocycles. The first kappa shape index (κ1) is 71.6. The smallest absolute Gasteiger partial charge is 0.306 e. The second-order valence-corrected chi connectivity index (χ2v) is 22.4. The van der Waals surface area contributed by atoms with E-state index in [2.05, 4.69) is 57.2 Å². The minimum absolute atomic E-state index is 0.0685. The third kappa shape index (κ3) is 60.5. The zero-order chi connectivity index (χ0) is 53.6. The monoisotopic (exact) mass is 1040 g/mol. The zero-order valence-corrected chi connectivity index (χ0v) is 49.9. The topological polar surface area (TPSA) is 78.9 Å². The Morgan fingerprint density at radius 3 is 0.757 bits per heavy atom. The molecule has 1 unspecified atom stereocenters.